The molecule has 21 heteroatoms. The van der Waals surface area contributed by atoms with Crippen molar-refractivity contribution in [2.45, 2.75) is 126 Å². The molecule has 3 saturated heterocycles. The normalized spacial score (nSPS) is 25.1. The first-order valence-corrected chi connectivity index (χ1v) is 24.4. The van der Waals surface area contributed by atoms with E-state index in [0.717, 1.165) is 0 Å². The molecule has 0 spiro atoms. The molecule has 0 bridgehead atoms. The average molecular weight is 992 g/mol. The van der Waals surface area contributed by atoms with Crippen molar-refractivity contribution in [1.82, 2.24) is 47.0 Å². The number of guanidine groups is 1. The van der Waals surface area contributed by atoms with E-state index in [0.29, 0.717) is 29.5 Å². The Hall–Kier alpha value is -7.84. The zero-order valence-corrected chi connectivity index (χ0v) is 40.3. The number of fused-ring (bicyclic) bond motifs is 2. The van der Waals surface area contributed by atoms with Gasteiger partial charge in [0.2, 0.25) is 47.3 Å². The van der Waals surface area contributed by atoms with Crippen LogP contribution in [0.1, 0.15) is 75.0 Å². The fourth-order valence-electron chi connectivity index (χ4n) is 9.25. The van der Waals surface area contributed by atoms with Crippen molar-refractivity contribution in [1.29, 1.82) is 5.41 Å². The van der Waals surface area contributed by atoms with Crippen LogP contribution in [0, 0.1) is 5.41 Å². The van der Waals surface area contributed by atoms with Crippen molar-refractivity contribution >= 4 is 59.2 Å². The molecule has 21 nitrogen and oxygen atoms in total. The van der Waals surface area contributed by atoms with E-state index < -0.39 is 114 Å². The van der Waals surface area contributed by atoms with Crippen LogP contribution in [0.25, 0.3) is 0 Å². The van der Waals surface area contributed by atoms with Gasteiger partial charge in [-0.15, -0.1) is 0 Å². The van der Waals surface area contributed by atoms with Crippen LogP contribution in [0.2, 0.25) is 0 Å². The molecule has 0 unspecified atom stereocenters. The van der Waals surface area contributed by atoms with E-state index in [2.05, 4.69) is 37.2 Å². The number of amides is 8. The van der Waals surface area contributed by atoms with Crippen LogP contribution >= 0.6 is 0 Å². The minimum Gasteiger partial charge on any atom is -0.481 e. The second-order valence-corrected chi connectivity index (χ2v) is 18.4. The van der Waals surface area contributed by atoms with E-state index in [1.165, 1.54) is 16.7 Å². The van der Waals surface area contributed by atoms with Gasteiger partial charge in [-0.1, -0.05) is 91.0 Å². The molecular formula is C51H65N11O10. The van der Waals surface area contributed by atoms with E-state index in [1.807, 2.05) is 0 Å². The molecule has 8 atom stereocenters. The third-order valence-electron chi connectivity index (χ3n) is 13.0. The first-order valence-electron chi connectivity index (χ1n) is 24.4. The number of rotatable bonds is 13. The summed E-state index contributed by atoms with van der Waals surface area (Å²) < 4.78 is 0. The van der Waals surface area contributed by atoms with Gasteiger partial charge in [0.05, 0.1) is 0 Å². The summed E-state index contributed by atoms with van der Waals surface area (Å²) in [6.45, 7) is 1.90. The number of hydrogen-bond acceptors (Lipinski definition) is 10. The van der Waals surface area contributed by atoms with E-state index in [9.17, 15) is 48.3 Å². The lowest BCUT2D eigenvalue weighted by atomic mass is 10.0. The van der Waals surface area contributed by atoms with Crippen molar-refractivity contribution in [3.05, 3.63) is 108 Å². The smallest absolute Gasteiger partial charge is 0.303 e. The minimum atomic E-state index is -1.53. The van der Waals surface area contributed by atoms with Crippen LogP contribution in [-0.2, 0) is 62.4 Å². The van der Waals surface area contributed by atoms with Crippen LogP contribution in [0.5, 0.6) is 0 Å². The van der Waals surface area contributed by atoms with E-state index in [-0.39, 0.29) is 70.5 Å². The van der Waals surface area contributed by atoms with Crippen LogP contribution in [-0.4, -0.2) is 142 Å². The summed E-state index contributed by atoms with van der Waals surface area (Å²) in [6, 6.07) is 16.2. The molecule has 3 fully saturated rings. The zero-order chi connectivity index (χ0) is 51.7. The van der Waals surface area contributed by atoms with Gasteiger partial charge in [0.15, 0.2) is 5.96 Å². The topological polar surface area (TPSA) is 314 Å². The Morgan fingerprint density at radius 3 is 1.50 bits per heavy atom. The summed E-state index contributed by atoms with van der Waals surface area (Å²) in [5.41, 5.74) is 7.44. The van der Waals surface area contributed by atoms with Gasteiger partial charge in [-0.2, -0.15) is 0 Å². The molecule has 3 aromatic rings. The zero-order valence-electron chi connectivity index (χ0n) is 40.3. The number of nitrogens with one attached hydrogen (secondary N) is 8. The molecule has 0 saturated carbocycles. The van der Waals surface area contributed by atoms with E-state index in [1.54, 1.807) is 91.0 Å². The molecule has 3 aliphatic rings. The first kappa shape index (κ1) is 53.5. The Morgan fingerprint density at radius 1 is 0.569 bits per heavy atom. The number of carbonyl (C=O) groups excluding carboxylic acids is 8. The lowest BCUT2D eigenvalue weighted by Gasteiger charge is -2.34. The Morgan fingerprint density at radius 2 is 0.986 bits per heavy atom. The average Bonchev–Trinajstić information content (AvgIpc) is 4.07. The predicted molar refractivity (Wildman–Crippen MR) is 263 cm³/mol. The number of hydrogen-bond donors (Lipinski definition) is 10. The predicted octanol–water partition coefficient (Wildman–Crippen LogP) is -0.233. The SMILES string of the molecule is C[C@@H]1NC(=O)[C@H](CCC(=O)O)NC(=O)[C@H](Cc2ccccc2)NC(=O)[C@H](Cc2ccccc2)NC(=O)[C@H](CCCNC(=N)N)NC(=O)[C@@H]2CCCN2C(=O)[C@H]2CCCN2C(=O)[C@H](Cc2ccccc2)NC1=O. The molecule has 0 aliphatic carbocycles. The molecular weight excluding hydrogens is 927 g/mol. The summed E-state index contributed by atoms with van der Waals surface area (Å²) in [4.78, 5) is 130. The van der Waals surface area contributed by atoms with Crippen molar-refractivity contribution in [3.8, 4) is 0 Å². The van der Waals surface area contributed by atoms with Crippen molar-refractivity contribution in [3.63, 3.8) is 0 Å². The van der Waals surface area contributed by atoms with E-state index >= 15 is 0 Å². The maximum atomic E-state index is 14.6. The van der Waals surface area contributed by atoms with Crippen LogP contribution < -0.4 is 43.0 Å². The van der Waals surface area contributed by atoms with Gasteiger partial charge in [-0.3, -0.25) is 48.6 Å². The largest absolute Gasteiger partial charge is 0.481 e. The maximum absolute atomic E-state index is 14.6. The molecule has 384 valence electrons. The van der Waals surface area contributed by atoms with Gasteiger partial charge < -0.3 is 57.9 Å². The fourth-order valence-corrected chi connectivity index (χ4v) is 9.25. The summed E-state index contributed by atoms with van der Waals surface area (Å²) in [5, 5.41) is 36.2. The monoisotopic (exact) mass is 991 g/mol. The number of nitrogens with zero attached hydrogens (tertiary/aromatic N) is 2. The molecule has 72 heavy (non-hydrogen) atoms. The standard InChI is InChI=1S/C51H65N11O10/c1-31-43(65)60-39(30-34-18-9-4-10-19-34)49(71)62-27-13-22-41(62)50(72)61-26-12-21-40(61)48(70)57-35(20-11-25-54-51(52)53)45(67)58-38(29-33-16-7-3-8-17-33)47(69)59-37(28-32-14-5-2-6-15-32)46(68)56-36(44(66)55-31)23-24-42(63)64/h2-10,14-19,31,35-41H,11-13,20-30H2,1H3,(H,55,66)(H,56,68)(H,57,70)(H,58,67)(H,59,69)(H,60,65)(H,63,64)(H4,52,53,54)/t31-,35-,36-,37-,38-,39-,40-,41+/m0/s1. The number of benzene rings is 3. The fraction of sp³-hybridized carbons (Fsp3) is 0.451. The highest BCUT2D eigenvalue weighted by Crippen LogP contribution is 2.26. The van der Waals surface area contributed by atoms with Gasteiger partial charge in [0.25, 0.3) is 0 Å². The van der Waals surface area contributed by atoms with Crippen molar-refractivity contribution < 1.29 is 48.3 Å². The Labute approximate surface area is 417 Å². The molecule has 3 aromatic carbocycles. The highest BCUT2D eigenvalue weighted by molar-refractivity contribution is 5.99. The molecule has 6 rings (SSSR count). The number of carboxylic acid groups (broad SMARTS) is 1. The Kier molecular flexibility index (Phi) is 19.2. The number of carbonyl (C=O) groups is 9. The second-order valence-electron chi connectivity index (χ2n) is 18.4. The number of carboxylic acids is 1. The van der Waals surface area contributed by atoms with Crippen molar-refractivity contribution in [2.75, 3.05) is 19.6 Å². The molecule has 11 N–H and O–H groups in total. The lowest BCUT2D eigenvalue weighted by Crippen LogP contribution is -2.61. The number of nitrogens with two attached hydrogens (primary N) is 1. The van der Waals surface area contributed by atoms with Gasteiger partial charge in [0, 0.05) is 45.3 Å². The molecule has 0 aromatic heterocycles. The molecule has 8 amide bonds. The van der Waals surface area contributed by atoms with E-state index in [4.69, 9.17) is 11.1 Å². The minimum absolute atomic E-state index is 0.00900. The van der Waals surface area contributed by atoms with Gasteiger partial charge in [-0.05, 0) is 68.6 Å². The maximum Gasteiger partial charge on any atom is 0.303 e. The van der Waals surface area contributed by atoms with Gasteiger partial charge in [-0.25, -0.2) is 0 Å². The van der Waals surface area contributed by atoms with Gasteiger partial charge in [0.1, 0.15) is 48.3 Å². The Bertz CT molecular complexity index is 2430. The quantitative estimate of drug-likeness (QED) is 0.0604. The third-order valence-corrected chi connectivity index (χ3v) is 13.0. The second kappa shape index (κ2) is 25.9. The third kappa shape index (κ3) is 15.1. The van der Waals surface area contributed by atoms with Gasteiger partial charge >= 0.3 is 5.97 Å². The van der Waals surface area contributed by atoms with Crippen molar-refractivity contribution in [2.24, 2.45) is 5.73 Å². The summed E-state index contributed by atoms with van der Waals surface area (Å²) in [5.74, 6) is -7.35. The highest BCUT2D eigenvalue weighted by Gasteiger charge is 2.44. The molecule has 3 aliphatic heterocycles. The summed E-state index contributed by atoms with van der Waals surface area (Å²) in [7, 11) is 0. The highest BCUT2D eigenvalue weighted by atomic mass is 16.4. The van der Waals surface area contributed by atoms with Crippen LogP contribution in [0.15, 0.2) is 91.0 Å². The Balaban J connectivity index is 1.39. The van der Waals surface area contributed by atoms with Crippen LogP contribution in [0.3, 0.4) is 0 Å². The molecule has 0 radical (unpaired) electrons. The van der Waals surface area contributed by atoms with Crippen LogP contribution in [0.4, 0.5) is 0 Å². The lowest BCUT2D eigenvalue weighted by molar-refractivity contribution is -0.148. The summed E-state index contributed by atoms with van der Waals surface area (Å²) in [6.07, 6.45) is 0.552. The first-order chi connectivity index (χ1) is 34.6. The number of aliphatic carboxylic acids is 1. The summed E-state index contributed by atoms with van der Waals surface area (Å²) >= 11 is 0. The molecule has 3 heterocycles.